The van der Waals surface area contributed by atoms with E-state index in [2.05, 4.69) is 12.2 Å². The lowest BCUT2D eigenvalue weighted by atomic mass is 10.5. The van der Waals surface area contributed by atoms with Gasteiger partial charge in [-0.1, -0.05) is 6.92 Å². The number of nitrogens with two attached hydrogens (primary N) is 1. The van der Waals surface area contributed by atoms with Crippen molar-refractivity contribution in [2.24, 2.45) is 5.73 Å². The Morgan fingerprint density at radius 2 is 0.325 bits per heavy atom. The molecule has 1 amide bonds. The van der Waals surface area contributed by atoms with E-state index in [0.717, 1.165) is 13.0 Å². The SMILES string of the molecule is CCCOCCOCCOCCOCCOCCOCCOCCOCCOCCOCCOCCOCCOCCOCCOCCOCCOCCOCCOCCOCCOCCOCCOCCOCCNC(=O)CN. The van der Waals surface area contributed by atoms with Gasteiger partial charge in [-0.05, 0) is 6.42 Å². The molecule has 0 heterocycles. The molecule has 0 radical (unpaired) electrons. The summed E-state index contributed by atoms with van der Waals surface area (Å²) in [5.74, 6) is -0.201. The van der Waals surface area contributed by atoms with Crippen molar-refractivity contribution in [2.75, 3.05) is 330 Å². The van der Waals surface area contributed by atoms with E-state index in [1.165, 1.54) is 0 Å². The van der Waals surface area contributed by atoms with E-state index in [0.29, 0.717) is 317 Å². The molecule has 0 aliphatic heterocycles. The first-order chi connectivity index (χ1) is 39.8. The van der Waals surface area contributed by atoms with Gasteiger partial charge in [0.1, 0.15) is 0 Å². The van der Waals surface area contributed by atoms with Crippen LogP contribution in [-0.2, 0) is 118 Å². The van der Waals surface area contributed by atoms with Crippen molar-refractivity contribution >= 4 is 5.91 Å². The maximum atomic E-state index is 11.0. The lowest BCUT2D eigenvalue weighted by Gasteiger charge is -2.09. The Morgan fingerprint density at radius 1 is 0.212 bits per heavy atom. The van der Waals surface area contributed by atoms with Crippen molar-refractivity contribution in [1.82, 2.24) is 5.32 Å². The number of carbonyl (C=O) groups excluding carboxylic acids is 1. The fraction of sp³-hybridized carbons (Fsp3) is 0.981. The summed E-state index contributed by atoms with van der Waals surface area (Å²) in [5.41, 5.74) is 5.20. The Bertz CT molecular complexity index is 1120. The molecule has 0 fully saturated rings. The minimum absolute atomic E-state index is 0.0236. The predicted molar refractivity (Wildman–Crippen MR) is 292 cm³/mol. The number of ether oxygens (including phenoxy) is 24. The fourth-order valence-electron chi connectivity index (χ4n) is 5.64. The molecule has 0 unspecified atom stereocenters. The maximum Gasteiger partial charge on any atom is 0.233 e. The summed E-state index contributed by atoms with van der Waals surface area (Å²) in [7, 11) is 0. The van der Waals surface area contributed by atoms with Crippen molar-refractivity contribution in [3.8, 4) is 0 Å². The summed E-state index contributed by atoms with van der Waals surface area (Å²) in [5, 5.41) is 2.62. The van der Waals surface area contributed by atoms with Crippen molar-refractivity contribution in [2.45, 2.75) is 13.3 Å². The Balaban J connectivity index is 3.08. The van der Waals surface area contributed by atoms with Crippen LogP contribution < -0.4 is 11.1 Å². The second-order valence-corrected chi connectivity index (χ2v) is 16.3. The summed E-state index contributed by atoms with van der Waals surface area (Å²) in [6.07, 6.45) is 1.02. The van der Waals surface area contributed by atoms with Gasteiger partial charge in [-0.2, -0.15) is 0 Å². The lowest BCUT2D eigenvalue weighted by molar-refractivity contribution is -0.120. The van der Waals surface area contributed by atoms with E-state index in [1.54, 1.807) is 0 Å². The lowest BCUT2D eigenvalue weighted by Crippen LogP contribution is -2.32. The van der Waals surface area contributed by atoms with Crippen LogP contribution in [0.5, 0.6) is 0 Å². The zero-order valence-corrected chi connectivity index (χ0v) is 48.8. The van der Waals surface area contributed by atoms with E-state index >= 15 is 0 Å². The Hall–Kier alpha value is -1.53. The molecule has 0 saturated heterocycles. The van der Waals surface area contributed by atoms with E-state index in [4.69, 9.17) is 119 Å². The van der Waals surface area contributed by atoms with E-state index in [-0.39, 0.29) is 12.5 Å². The minimum atomic E-state index is -0.201. The van der Waals surface area contributed by atoms with Gasteiger partial charge >= 0.3 is 0 Å². The number of hydrogen-bond donors (Lipinski definition) is 2. The largest absolute Gasteiger partial charge is 0.379 e. The minimum Gasteiger partial charge on any atom is -0.379 e. The van der Waals surface area contributed by atoms with Gasteiger partial charge in [0.25, 0.3) is 0 Å². The van der Waals surface area contributed by atoms with Crippen LogP contribution in [0.4, 0.5) is 0 Å². The zero-order chi connectivity index (χ0) is 57.3. The molecule has 3 N–H and O–H groups in total. The number of carbonyl (C=O) groups is 1. The van der Waals surface area contributed by atoms with Crippen molar-refractivity contribution < 1.29 is 118 Å². The summed E-state index contributed by atoms with van der Waals surface area (Å²) < 4.78 is 132. The van der Waals surface area contributed by atoms with Gasteiger partial charge in [0.2, 0.25) is 5.91 Å². The second kappa shape index (κ2) is 75.5. The third-order valence-corrected chi connectivity index (χ3v) is 9.66. The van der Waals surface area contributed by atoms with E-state index in [9.17, 15) is 4.79 Å². The van der Waals surface area contributed by atoms with Gasteiger partial charge in [0.15, 0.2) is 0 Å². The van der Waals surface area contributed by atoms with Gasteiger partial charge in [-0.25, -0.2) is 0 Å². The quantitative estimate of drug-likeness (QED) is 0.0751. The highest BCUT2D eigenvalue weighted by atomic mass is 16.6. The van der Waals surface area contributed by atoms with E-state index in [1.807, 2.05) is 0 Å². The molecule has 0 aliphatic carbocycles. The topological polar surface area (TPSA) is 277 Å². The molecule has 0 saturated carbocycles. The first-order valence-electron chi connectivity index (χ1n) is 28.6. The Kier molecular flexibility index (Phi) is 74.0. The normalized spacial score (nSPS) is 11.7. The highest BCUT2D eigenvalue weighted by Gasteiger charge is 2.01. The van der Waals surface area contributed by atoms with Crippen molar-refractivity contribution in [3.63, 3.8) is 0 Å². The Morgan fingerprint density at radius 3 is 0.438 bits per heavy atom. The Labute approximate surface area is 477 Å². The molecular weight excluding hydrogens is 1060 g/mol. The van der Waals surface area contributed by atoms with E-state index < -0.39 is 0 Å². The molecule has 0 bridgehead atoms. The molecule has 0 atom stereocenters. The van der Waals surface area contributed by atoms with Gasteiger partial charge in [0, 0.05) is 13.2 Å². The number of hydrogen-bond acceptors (Lipinski definition) is 26. The molecular formula is C53H108N2O25. The molecule has 0 aromatic rings. The van der Waals surface area contributed by atoms with Crippen LogP contribution in [0.15, 0.2) is 0 Å². The van der Waals surface area contributed by atoms with Gasteiger partial charge < -0.3 is 125 Å². The predicted octanol–water partition coefficient (Wildman–Crippen LogP) is -0.130. The van der Waals surface area contributed by atoms with Crippen molar-refractivity contribution in [1.29, 1.82) is 0 Å². The van der Waals surface area contributed by atoms with Crippen LogP contribution in [-0.4, -0.2) is 336 Å². The van der Waals surface area contributed by atoms with Crippen LogP contribution in [0.1, 0.15) is 13.3 Å². The molecule has 27 nitrogen and oxygen atoms in total. The molecule has 0 aromatic carbocycles. The third-order valence-electron chi connectivity index (χ3n) is 9.66. The smallest absolute Gasteiger partial charge is 0.233 e. The first-order valence-corrected chi connectivity index (χ1v) is 28.6. The monoisotopic (exact) mass is 1170 g/mol. The summed E-state index contributed by atoms with van der Waals surface area (Å²) in [4.78, 5) is 11.0. The van der Waals surface area contributed by atoms with Crippen molar-refractivity contribution in [3.05, 3.63) is 0 Å². The zero-order valence-electron chi connectivity index (χ0n) is 48.8. The summed E-state index contributed by atoms with van der Waals surface area (Å²) in [6, 6.07) is 0. The van der Waals surface area contributed by atoms with Gasteiger partial charge in [-0.15, -0.1) is 0 Å². The van der Waals surface area contributed by atoms with Crippen LogP contribution in [0.3, 0.4) is 0 Å². The second-order valence-electron chi connectivity index (χ2n) is 16.3. The maximum absolute atomic E-state index is 11.0. The summed E-state index contributed by atoms with van der Waals surface area (Å²) in [6.45, 7) is 26.4. The average Bonchev–Trinajstić information content (AvgIpc) is 3.47. The molecule has 0 rings (SSSR count). The third kappa shape index (κ3) is 74.5. The molecule has 0 spiro atoms. The average molecular weight is 1170 g/mol. The number of amides is 1. The highest BCUT2D eigenvalue weighted by molar-refractivity contribution is 5.77. The first kappa shape index (κ1) is 78.5. The molecule has 0 aliphatic rings. The number of rotatable bonds is 75. The molecule has 80 heavy (non-hydrogen) atoms. The van der Waals surface area contributed by atoms with Crippen LogP contribution in [0.25, 0.3) is 0 Å². The molecule has 0 aromatic heterocycles. The van der Waals surface area contributed by atoms with Gasteiger partial charge in [-0.3, -0.25) is 4.79 Å². The molecule has 27 heteroatoms. The van der Waals surface area contributed by atoms with Crippen LogP contribution in [0, 0.1) is 0 Å². The van der Waals surface area contributed by atoms with Gasteiger partial charge in [0.05, 0.1) is 317 Å². The molecule has 480 valence electrons. The standard InChI is InChI=1S/C53H108N2O25/c1-2-4-57-6-8-59-10-12-61-14-16-63-18-20-65-22-24-67-26-28-69-30-32-71-34-36-73-38-40-75-42-44-77-46-48-79-50-51-80-49-47-78-45-43-76-41-39-74-37-35-72-33-31-70-29-27-68-25-23-66-21-19-64-17-15-62-13-11-60-9-7-58-5-3-55-53(56)52-54/h2-52,54H2,1H3,(H,55,56). The van der Waals surface area contributed by atoms with Crippen LogP contribution >= 0.6 is 0 Å². The number of nitrogens with one attached hydrogen (secondary N) is 1. The summed E-state index contributed by atoms with van der Waals surface area (Å²) >= 11 is 0. The van der Waals surface area contributed by atoms with Crippen LogP contribution in [0.2, 0.25) is 0 Å². The fourth-order valence-corrected chi connectivity index (χ4v) is 5.64. The highest BCUT2D eigenvalue weighted by Crippen LogP contribution is 1.91.